The molecule has 1 amide bonds. The Bertz CT molecular complexity index is 476. The summed E-state index contributed by atoms with van der Waals surface area (Å²) >= 11 is 0. The summed E-state index contributed by atoms with van der Waals surface area (Å²) in [5.41, 5.74) is -0.844. The van der Waals surface area contributed by atoms with Crippen LogP contribution in [0.25, 0.3) is 0 Å². The Morgan fingerprint density at radius 1 is 1.37 bits per heavy atom. The zero-order valence-electron chi connectivity index (χ0n) is 9.85. The van der Waals surface area contributed by atoms with Crippen molar-refractivity contribution in [1.82, 2.24) is 4.90 Å². The molecule has 104 valence electrons. The second kappa shape index (κ2) is 4.99. The van der Waals surface area contributed by atoms with E-state index in [-0.39, 0.29) is 18.8 Å². The van der Waals surface area contributed by atoms with E-state index in [4.69, 9.17) is 9.84 Å². The standard InChI is InChI=1S/C12H12F3NO3/c13-12(14,15)9-3-1-2-4-10(9)19-8-5-6-16(7-8)11(17)18/h1-4,8H,5-7H2,(H,17,18)/t8-/m1/s1. The van der Waals surface area contributed by atoms with Gasteiger partial charge in [0.15, 0.2) is 0 Å². The number of carboxylic acid groups (broad SMARTS) is 1. The average molecular weight is 275 g/mol. The third-order valence-electron chi connectivity index (χ3n) is 2.90. The van der Waals surface area contributed by atoms with Crippen molar-refractivity contribution in [3.63, 3.8) is 0 Å². The number of likely N-dealkylation sites (tertiary alicyclic amines) is 1. The molecule has 4 nitrogen and oxygen atoms in total. The minimum atomic E-state index is -4.48. The summed E-state index contributed by atoms with van der Waals surface area (Å²) in [6, 6.07) is 4.92. The van der Waals surface area contributed by atoms with Crippen LogP contribution in [0.15, 0.2) is 24.3 Å². The summed E-state index contributed by atoms with van der Waals surface area (Å²) in [6.45, 7) is 0.357. The first kappa shape index (κ1) is 13.5. The molecule has 0 bridgehead atoms. The van der Waals surface area contributed by atoms with Crippen molar-refractivity contribution in [1.29, 1.82) is 0 Å². The van der Waals surface area contributed by atoms with Gasteiger partial charge in [0.25, 0.3) is 0 Å². The van der Waals surface area contributed by atoms with Crippen molar-refractivity contribution in [3.8, 4) is 5.75 Å². The van der Waals surface area contributed by atoms with Gasteiger partial charge < -0.3 is 14.7 Å². The van der Waals surface area contributed by atoms with Crippen molar-refractivity contribution in [2.75, 3.05) is 13.1 Å². The molecule has 1 saturated heterocycles. The van der Waals surface area contributed by atoms with Crippen molar-refractivity contribution >= 4 is 6.09 Å². The normalized spacial score (nSPS) is 19.5. The van der Waals surface area contributed by atoms with Crippen LogP contribution in [0, 0.1) is 0 Å². The second-order valence-electron chi connectivity index (χ2n) is 4.25. The van der Waals surface area contributed by atoms with Crippen LogP contribution in [0.5, 0.6) is 5.75 Å². The van der Waals surface area contributed by atoms with Gasteiger partial charge in [0, 0.05) is 13.0 Å². The molecular formula is C12H12F3NO3. The lowest BCUT2D eigenvalue weighted by molar-refractivity contribution is -0.139. The van der Waals surface area contributed by atoms with Gasteiger partial charge in [0.1, 0.15) is 11.9 Å². The number of benzene rings is 1. The van der Waals surface area contributed by atoms with Gasteiger partial charge in [0.05, 0.1) is 12.1 Å². The molecule has 0 radical (unpaired) electrons. The molecule has 7 heteroatoms. The molecule has 1 aromatic carbocycles. The molecule has 1 atom stereocenters. The number of hydrogen-bond donors (Lipinski definition) is 1. The maximum Gasteiger partial charge on any atom is 0.419 e. The highest BCUT2D eigenvalue weighted by Crippen LogP contribution is 2.36. The number of nitrogens with zero attached hydrogens (tertiary/aromatic N) is 1. The van der Waals surface area contributed by atoms with Gasteiger partial charge in [-0.3, -0.25) is 0 Å². The first-order valence-electron chi connectivity index (χ1n) is 5.68. The van der Waals surface area contributed by atoms with Crippen LogP contribution in [-0.2, 0) is 6.18 Å². The number of alkyl halides is 3. The Morgan fingerprint density at radius 3 is 2.63 bits per heavy atom. The highest BCUT2D eigenvalue weighted by molar-refractivity contribution is 5.65. The average Bonchev–Trinajstić information content (AvgIpc) is 2.77. The second-order valence-corrected chi connectivity index (χ2v) is 4.25. The first-order chi connectivity index (χ1) is 8.88. The SMILES string of the molecule is O=C(O)N1CC[C@@H](Oc2ccccc2C(F)(F)F)C1. The Labute approximate surface area is 107 Å². The fraction of sp³-hybridized carbons (Fsp3) is 0.417. The molecule has 1 N–H and O–H groups in total. The van der Waals surface area contributed by atoms with E-state index in [1.54, 1.807) is 0 Å². The number of rotatable bonds is 2. The Balaban J connectivity index is 2.11. The lowest BCUT2D eigenvalue weighted by atomic mass is 10.2. The van der Waals surface area contributed by atoms with E-state index in [0.717, 1.165) is 11.0 Å². The maximum atomic E-state index is 12.7. The lowest BCUT2D eigenvalue weighted by Gasteiger charge is -2.18. The highest BCUT2D eigenvalue weighted by atomic mass is 19.4. The highest BCUT2D eigenvalue weighted by Gasteiger charge is 2.35. The van der Waals surface area contributed by atoms with E-state index in [1.165, 1.54) is 18.2 Å². The van der Waals surface area contributed by atoms with Crippen LogP contribution in [0.4, 0.5) is 18.0 Å². The molecule has 1 aromatic rings. The number of para-hydroxylation sites is 1. The van der Waals surface area contributed by atoms with Crippen LogP contribution in [0.1, 0.15) is 12.0 Å². The van der Waals surface area contributed by atoms with E-state index < -0.39 is 23.9 Å². The van der Waals surface area contributed by atoms with Gasteiger partial charge in [-0.15, -0.1) is 0 Å². The first-order valence-corrected chi connectivity index (χ1v) is 5.68. The van der Waals surface area contributed by atoms with E-state index in [0.29, 0.717) is 6.42 Å². The van der Waals surface area contributed by atoms with Crippen LogP contribution in [0.3, 0.4) is 0 Å². The van der Waals surface area contributed by atoms with Crippen LogP contribution in [-0.4, -0.2) is 35.3 Å². The van der Waals surface area contributed by atoms with Gasteiger partial charge in [-0.25, -0.2) is 4.79 Å². The van der Waals surface area contributed by atoms with Gasteiger partial charge >= 0.3 is 12.3 Å². The molecule has 0 unspecified atom stereocenters. The predicted octanol–water partition coefficient (Wildman–Crippen LogP) is 2.84. The van der Waals surface area contributed by atoms with Gasteiger partial charge in [-0.2, -0.15) is 13.2 Å². The van der Waals surface area contributed by atoms with Crippen molar-refractivity contribution in [3.05, 3.63) is 29.8 Å². The molecule has 0 aromatic heterocycles. The smallest absolute Gasteiger partial charge is 0.419 e. The summed E-state index contributed by atoms with van der Waals surface area (Å²) in [4.78, 5) is 11.8. The molecule has 0 saturated carbocycles. The van der Waals surface area contributed by atoms with E-state index >= 15 is 0 Å². The molecule has 2 rings (SSSR count). The summed E-state index contributed by atoms with van der Waals surface area (Å²) in [6.07, 6.45) is -5.73. The Hall–Kier alpha value is -1.92. The van der Waals surface area contributed by atoms with Crippen LogP contribution < -0.4 is 4.74 Å². The molecule has 0 spiro atoms. The summed E-state index contributed by atoms with van der Waals surface area (Å²) in [7, 11) is 0. The van der Waals surface area contributed by atoms with Gasteiger partial charge in [-0.05, 0) is 12.1 Å². The molecule has 1 heterocycles. The number of ether oxygens (including phenoxy) is 1. The van der Waals surface area contributed by atoms with Gasteiger partial charge in [-0.1, -0.05) is 12.1 Å². The maximum absolute atomic E-state index is 12.7. The zero-order chi connectivity index (χ0) is 14.0. The summed E-state index contributed by atoms with van der Waals surface area (Å²) < 4.78 is 43.5. The number of halogens is 3. The number of carbonyl (C=O) groups is 1. The predicted molar refractivity (Wildman–Crippen MR) is 60.1 cm³/mol. The van der Waals surface area contributed by atoms with Crippen molar-refractivity contribution in [2.45, 2.75) is 18.7 Å². The third-order valence-corrected chi connectivity index (χ3v) is 2.90. The largest absolute Gasteiger partial charge is 0.488 e. The van der Waals surface area contributed by atoms with Crippen LogP contribution in [0.2, 0.25) is 0 Å². The minimum Gasteiger partial charge on any atom is -0.488 e. The number of amides is 1. The summed E-state index contributed by atoms with van der Waals surface area (Å²) in [5, 5.41) is 8.77. The topological polar surface area (TPSA) is 49.8 Å². The summed E-state index contributed by atoms with van der Waals surface area (Å²) in [5.74, 6) is -0.257. The zero-order valence-corrected chi connectivity index (χ0v) is 9.85. The van der Waals surface area contributed by atoms with E-state index in [2.05, 4.69) is 0 Å². The van der Waals surface area contributed by atoms with Crippen molar-refractivity contribution < 1.29 is 27.8 Å². The minimum absolute atomic E-state index is 0.0848. The molecule has 1 fully saturated rings. The van der Waals surface area contributed by atoms with E-state index in [1.807, 2.05) is 0 Å². The fourth-order valence-corrected chi connectivity index (χ4v) is 1.98. The molecule has 0 aliphatic carbocycles. The molecule has 19 heavy (non-hydrogen) atoms. The van der Waals surface area contributed by atoms with Gasteiger partial charge in [0.2, 0.25) is 0 Å². The third kappa shape index (κ3) is 3.10. The monoisotopic (exact) mass is 275 g/mol. The molecule has 1 aliphatic heterocycles. The van der Waals surface area contributed by atoms with Crippen LogP contribution >= 0.6 is 0 Å². The Kier molecular flexibility index (Phi) is 3.55. The molecule has 1 aliphatic rings. The molecular weight excluding hydrogens is 263 g/mol. The van der Waals surface area contributed by atoms with E-state index in [9.17, 15) is 18.0 Å². The van der Waals surface area contributed by atoms with Crippen molar-refractivity contribution in [2.24, 2.45) is 0 Å². The Morgan fingerprint density at radius 2 is 2.05 bits per heavy atom. The lowest BCUT2D eigenvalue weighted by Crippen LogP contribution is -2.29. The number of hydrogen-bond acceptors (Lipinski definition) is 2. The quantitative estimate of drug-likeness (QED) is 0.902. The fourth-order valence-electron chi connectivity index (χ4n) is 1.98.